The molecule has 0 heterocycles. The molecule has 1 N–H and O–H groups in total. The molecule has 0 fully saturated rings. The highest BCUT2D eigenvalue weighted by atomic mass is 79.9. The number of halogens is 5. The highest BCUT2D eigenvalue weighted by Crippen LogP contribution is 2.32. The molecule has 0 unspecified atom stereocenters. The van der Waals surface area contributed by atoms with Crippen molar-refractivity contribution in [2.45, 2.75) is 26.4 Å². The summed E-state index contributed by atoms with van der Waals surface area (Å²) in [7, 11) is 0. The van der Waals surface area contributed by atoms with Gasteiger partial charge in [0.15, 0.2) is 0 Å². The second kappa shape index (κ2) is 6.77. The molecule has 118 valence electrons. The van der Waals surface area contributed by atoms with Crippen LogP contribution in [0.3, 0.4) is 0 Å². The van der Waals surface area contributed by atoms with E-state index in [9.17, 15) is 22.4 Å². The molecule has 0 aliphatic heterocycles. The first kappa shape index (κ1) is 17.9. The summed E-state index contributed by atoms with van der Waals surface area (Å²) in [4.78, 5) is 11.9. The Balaban J connectivity index is 2.85. The number of nitrogens with one attached hydrogen (secondary N) is 1. The Hall–Kier alpha value is -1.11. The van der Waals surface area contributed by atoms with E-state index < -0.39 is 23.5 Å². The molecule has 1 amide bonds. The normalized spacial score (nSPS) is 12.3. The average Bonchev–Trinajstić information content (AvgIpc) is 2.35. The molecule has 21 heavy (non-hydrogen) atoms. The van der Waals surface area contributed by atoms with Gasteiger partial charge < -0.3 is 5.32 Å². The lowest BCUT2D eigenvalue weighted by molar-refractivity contribution is -0.140. The monoisotopic (exact) mass is 369 g/mol. The maximum atomic E-state index is 13.1. The molecule has 1 aromatic carbocycles. The number of amides is 1. The standard InChI is InChI=1S/C14H16BrF4NO/c1-13(2,5-6-15)8-20-12(21)9-3-4-11(16)10(7-9)14(17,18)19/h3-4,7H,5-6,8H2,1-2H3,(H,20,21). The van der Waals surface area contributed by atoms with Gasteiger partial charge in [-0.25, -0.2) is 4.39 Å². The molecule has 0 saturated carbocycles. The Bertz CT molecular complexity index is 514. The summed E-state index contributed by atoms with van der Waals surface area (Å²) in [5.74, 6) is -2.04. The fourth-order valence-corrected chi connectivity index (χ4v) is 2.72. The topological polar surface area (TPSA) is 29.1 Å². The Morgan fingerprint density at radius 1 is 1.29 bits per heavy atom. The predicted molar refractivity (Wildman–Crippen MR) is 75.9 cm³/mol. The van der Waals surface area contributed by atoms with E-state index >= 15 is 0 Å². The first-order chi connectivity index (χ1) is 9.57. The SMILES string of the molecule is CC(C)(CCBr)CNC(=O)c1ccc(F)c(C(F)(F)F)c1. The van der Waals surface area contributed by atoms with E-state index in [4.69, 9.17) is 0 Å². The van der Waals surface area contributed by atoms with Crippen molar-refractivity contribution in [1.29, 1.82) is 0 Å². The van der Waals surface area contributed by atoms with Gasteiger partial charge in [-0.15, -0.1) is 0 Å². The highest BCUT2D eigenvalue weighted by molar-refractivity contribution is 9.09. The number of carbonyl (C=O) groups excluding carboxylic acids is 1. The zero-order valence-corrected chi connectivity index (χ0v) is 13.2. The third kappa shape index (κ3) is 5.30. The lowest BCUT2D eigenvalue weighted by Gasteiger charge is -2.24. The highest BCUT2D eigenvalue weighted by Gasteiger charge is 2.34. The molecule has 0 radical (unpaired) electrons. The maximum absolute atomic E-state index is 13.1. The fraction of sp³-hybridized carbons (Fsp3) is 0.500. The quantitative estimate of drug-likeness (QED) is 0.605. The van der Waals surface area contributed by atoms with E-state index in [1.165, 1.54) is 0 Å². The molecular weight excluding hydrogens is 354 g/mol. The van der Waals surface area contributed by atoms with Crippen LogP contribution in [0.5, 0.6) is 0 Å². The largest absolute Gasteiger partial charge is 0.419 e. The summed E-state index contributed by atoms with van der Waals surface area (Å²) in [5, 5.41) is 3.33. The molecule has 0 bridgehead atoms. The van der Waals surface area contributed by atoms with Gasteiger partial charge in [0.1, 0.15) is 5.82 Å². The first-order valence-corrected chi connectivity index (χ1v) is 7.40. The van der Waals surface area contributed by atoms with E-state index in [1.807, 2.05) is 13.8 Å². The second-order valence-electron chi connectivity index (χ2n) is 5.48. The Labute approximate surface area is 129 Å². The van der Waals surface area contributed by atoms with Crippen molar-refractivity contribution in [3.63, 3.8) is 0 Å². The maximum Gasteiger partial charge on any atom is 0.419 e. The molecule has 0 aromatic heterocycles. The molecule has 0 spiro atoms. The third-order valence-electron chi connectivity index (χ3n) is 3.03. The number of hydrogen-bond acceptors (Lipinski definition) is 1. The van der Waals surface area contributed by atoms with Gasteiger partial charge in [-0.2, -0.15) is 13.2 Å². The van der Waals surface area contributed by atoms with Crippen LogP contribution in [0.25, 0.3) is 0 Å². The van der Waals surface area contributed by atoms with Crippen LogP contribution in [0.2, 0.25) is 0 Å². The average molecular weight is 370 g/mol. The van der Waals surface area contributed by atoms with E-state index in [-0.39, 0.29) is 11.0 Å². The Morgan fingerprint density at radius 3 is 2.43 bits per heavy atom. The van der Waals surface area contributed by atoms with Crippen LogP contribution in [-0.2, 0) is 6.18 Å². The van der Waals surface area contributed by atoms with Gasteiger partial charge >= 0.3 is 6.18 Å². The fourth-order valence-electron chi connectivity index (χ4n) is 1.65. The van der Waals surface area contributed by atoms with Gasteiger partial charge in [0, 0.05) is 17.4 Å². The van der Waals surface area contributed by atoms with Crippen molar-refractivity contribution in [2.24, 2.45) is 5.41 Å². The lowest BCUT2D eigenvalue weighted by Crippen LogP contribution is -2.34. The lowest BCUT2D eigenvalue weighted by atomic mass is 9.90. The number of rotatable bonds is 5. The molecule has 1 rings (SSSR count). The molecule has 0 aliphatic rings. The van der Waals surface area contributed by atoms with E-state index in [2.05, 4.69) is 21.2 Å². The molecular formula is C14H16BrF4NO. The molecule has 7 heteroatoms. The molecule has 0 aliphatic carbocycles. The zero-order chi connectivity index (χ0) is 16.3. The van der Waals surface area contributed by atoms with Crippen molar-refractivity contribution in [3.05, 3.63) is 35.1 Å². The van der Waals surface area contributed by atoms with Crippen molar-refractivity contribution in [2.75, 3.05) is 11.9 Å². The van der Waals surface area contributed by atoms with Gasteiger partial charge in [-0.1, -0.05) is 29.8 Å². The summed E-state index contributed by atoms with van der Waals surface area (Å²) < 4.78 is 50.9. The van der Waals surface area contributed by atoms with E-state index in [1.54, 1.807) is 0 Å². The second-order valence-corrected chi connectivity index (χ2v) is 6.27. The van der Waals surface area contributed by atoms with Crippen LogP contribution in [0, 0.1) is 11.2 Å². The number of carbonyl (C=O) groups is 1. The number of hydrogen-bond donors (Lipinski definition) is 1. The van der Waals surface area contributed by atoms with Crippen molar-refractivity contribution in [3.8, 4) is 0 Å². The van der Waals surface area contributed by atoms with Gasteiger partial charge in [0.2, 0.25) is 0 Å². The summed E-state index contributed by atoms with van der Waals surface area (Å²) in [6.45, 7) is 4.18. The van der Waals surface area contributed by atoms with Crippen molar-refractivity contribution in [1.82, 2.24) is 5.32 Å². The van der Waals surface area contributed by atoms with Crippen LogP contribution < -0.4 is 5.32 Å². The van der Waals surface area contributed by atoms with Crippen molar-refractivity contribution < 1.29 is 22.4 Å². The smallest absolute Gasteiger partial charge is 0.352 e. The minimum atomic E-state index is -4.82. The molecule has 0 atom stereocenters. The third-order valence-corrected chi connectivity index (χ3v) is 3.43. The van der Waals surface area contributed by atoms with Gasteiger partial charge in [-0.05, 0) is 30.0 Å². The van der Waals surface area contributed by atoms with Gasteiger partial charge in [0.05, 0.1) is 5.56 Å². The van der Waals surface area contributed by atoms with Crippen LogP contribution in [-0.4, -0.2) is 17.8 Å². The summed E-state index contributed by atoms with van der Waals surface area (Å²) in [6.07, 6.45) is -4.03. The van der Waals surface area contributed by atoms with Crippen LogP contribution in [0.15, 0.2) is 18.2 Å². The van der Waals surface area contributed by atoms with Gasteiger partial charge in [0.25, 0.3) is 5.91 Å². The Morgan fingerprint density at radius 2 is 1.90 bits per heavy atom. The predicted octanol–water partition coefficient (Wildman–Crippen LogP) is 4.39. The Kier molecular flexibility index (Phi) is 5.78. The minimum absolute atomic E-state index is 0.188. The van der Waals surface area contributed by atoms with E-state index in [0.717, 1.165) is 17.8 Å². The first-order valence-electron chi connectivity index (χ1n) is 6.28. The van der Waals surface area contributed by atoms with Crippen LogP contribution in [0.4, 0.5) is 17.6 Å². The van der Waals surface area contributed by atoms with Crippen LogP contribution >= 0.6 is 15.9 Å². The summed E-state index contributed by atoms with van der Waals surface area (Å²) in [6, 6.07) is 2.22. The summed E-state index contributed by atoms with van der Waals surface area (Å²) >= 11 is 3.30. The zero-order valence-electron chi connectivity index (χ0n) is 11.7. The van der Waals surface area contributed by atoms with Crippen molar-refractivity contribution >= 4 is 21.8 Å². The molecule has 2 nitrogen and oxygen atoms in total. The summed E-state index contributed by atoms with van der Waals surface area (Å²) in [5.41, 5.74) is -1.83. The van der Waals surface area contributed by atoms with E-state index in [0.29, 0.717) is 18.7 Å². The molecule has 1 aromatic rings. The number of benzene rings is 1. The minimum Gasteiger partial charge on any atom is -0.352 e. The van der Waals surface area contributed by atoms with Crippen LogP contribution in [0.1, 0.15) is 36.2 Å². The van der Waals surface area contributed by atoms with Gasteiger partial charge in [-0.3, -0.25) is 4.79 Å². The number of alkyl halides is 4. The molecule has 0 saturated heterocycles.